The van der Waals surface area contributed by atoms with E-state index in [0.717, 1.165) is 65.3 Å². The van der Waals surface area contributed by atoms with Gasteiger partial charge in [-0.15, -0.1) is 0 Å². The van der Waals surface area contributed by atoms with Gasteiger partial charge in [-0.3, -0.25) is 0 Å². The SMILES string of the molecule is c1ccc(Oc2cc3c4c(cc(Oc5ccccc5)c5c6c(Oc7ccccc7)cc7c8c(cc(Oc9ccccc9)c(c2c45)c86)COOC7)COC3)cc1. The number of rotatable bonds is 8. The standard InChI is InChI=1S/C48H32O7/c1-5-13-33(14-6-1)52-37-21-29-25-49-26-30-22-38(53-34-15-7-2-8-16-34)44-46-40(55-36-19-11-4-12-20-36)24-32-28-51-50-27-31-23-39(54-35-17-9-3-10-18-35)45(48(46)42(31)32)43(37)47(44)41(29)30/h1-24H,25-28H2. The van der Waals surface area contributed by atoms with Gasteiger partial charge in [-0.05, 0) is 106 Å². The molecule has 0 saturated heterocycles. The molecule has 11 rings (SSSR count). The molecule has 7 nitrogen and oxygen atoms in total. The molecule has 0 bridgehead atoms. The third-order valence-electron chi connectivity index (χ3n) is 10.4. The molecule has 0 saturated carbocycles. The van der Waals surface area contributed by atoms with Gasteiger partial charge in [0, 0.05) is 32.3 Å². The zero-order valence-corrected chi connectivity index (χ0v) is 29.5. The van der Waals surface area contributed by atoms with Gasteiger partial charge in [-0.2, -0.15) is 0 Å². The highest BCUT2D eigenvalue weighted by Gasteiger charge is 2.32. The van der Waals surface area contributed by atoms with Crippen molar-refractivity contribution in [3.63, 3.8) is 0 Å². The van der Waals surface area contributed by atoms with Crippen molar-refractivity contribution in [3.05, 3.63) is 168 Å². The van der Waals surface area contributed by atoms with Crippen molar-refractivity contribution in [2.75, 3.05) is 0 Å². The van der Waals surface area contributed by atoms with Crippen molar-refractivity contribution in [2.24, 2.45) is 0 Å². The van der Waals surface area contributed by atoms with Crippen molar-refractivity contribution in [1.29, 1.82) is 0 Å². The Labute approximate surface area is 316 Å². The van der Waals surface area contributed by atoms with E-state index in [0.29, 0.717) is 59.2 Å². The first-order valence-corrected chi connectivity index (χ1v) is 18.3. The summed E-state index contributed by atoms with van der Waals surface area (Å²) < 4.78 is 34.0. The van der Waals surface area contributed by atoms with Gasteiger partial charge in [0.2, 0.25) is 0 Å². The number of benzene rings is 9. The van der Waals surface area contributed by atoms with Crippen LogP contribution in [0.1, 0.15) is 22.3 Å². The summed E-state index contributed by atoms with van der Waals surface area (Å²) in [5.74, 6) is 5.51. The highest BCUT2D eigenvalue weighted by molar-refractivity contribution is 6.39. The average Bonchev–Trinajstić information content (AvgIpc) is 3.43. The fourth-order valence-corrected chi connectivity index (χ4v) is 8.22. The number of fused-ring (bicyclic) bond motifs is 2. The molecule has 2 heterocycles. The fourth-order valence-electron chi connectivity index (χ4n) is 8.22. The summed E-state index contributed by atoms with van der Waals surface area (Å²) in [5.41, 5.74) is 3.93. The maximum absolute atomic E-state index is 6.93. The van der Waals surface area contributed by atoms with Gasteiger partial charge in [0.25, 0.3) is 0 Å². The summed E-state index contributed by atoms with van der Waals surface area (Å²) in [6.45, 7) is 1.32. The number of ether oxygens (including phenoxy) is 5. The Morgan fingerprint density at radius 1 is 0.291 bits per heavy atom. The monoisotopic (exact) mass is 720 g/mol. The molecule has 0 spiro atoms. The van der Waals surface area contributed by atoms with E-state index in [9.17, 15) is 0 Å². The molecular formula is C48H32O7. The third kappa shape index (κ3) is 5.40. The molecule has 2 aliphatic heterocycles. The maximum atomic E-state index is 6.93. The van der Waals surface area contributed by atoms with Crippen LogP contribution >= 0.6 is 0 Å². The van der Waals surface area contributed by atoms with Gasteiger partial charge in [0.05, 0.1) is 13.2 Å². The minimum atomic E-state index is 0.228. The fraction of sp³-hybridized carbons (Fsp3) is 0.0833. The second-order valence-corrected chi connectivity index (χ2v) is 13.8. The van der Waals surface area contributed by atoms with Crippen LogP contribution in [0.4, 0.5) is 0 Å². The zero-order valence-electron chi connectivity index (χ0n) is 29.5. The van der Waals surface area contributed by atoms with E-state index >= 15 is 0 Å². The topological polar surface area (TPSA) is 64.6 Å². The quantitative estimate of drug-likeness (QED) is 0.0879. The van der Waals surface area contributed by atoms with E-state index in [1.165, 1.54) is 0 Å². The molecule has 0 N–H and O–H groups in total. The van der Waals surface area contributed by atoms with Crippen LogP contribution in [0.25, 0.3) is 43.1 Å². The normalized spacial score (nSPS) is 13.7. The van der Waals surface area contributed by atoms with Crippen LogP contribution in [-0.4, -0.2) is 0 Å². The smallest absolute Gasteiger partial charge is 0.136 e. The summed E-state index contributed by atoms with van der Waals surface area (Å²) >= 11 is 0. The Morgan fingerprint density at radius 2 is 0.564 bits per heavy atom. The van der Waals surface area contributed by atoms with Crippen molar-refractivity contribution in [3.8, 4) is 46.0 Å². The maximum Gasteiger partial charge on any atom is 0.136 e. The van der Waals surface area contributed by atoms with Crippen LogP contribution in [-0.2, 0) is 40.9 Å². The first-order valence-electron chi connectivity index (χ1n) is 18.3. The molecule has 0 aliphatic carbocycles. The molecule has 55 heavy (non-hydrogen) atoms. The first kappa shape index (κ1) is 31.8. The summed E-state index contributed by atoms with van der Waals surface area (Å²) in [6.07, 6.45) is 0. The predicted molar refractivity (Wildman–Crippen MR) is 212 cm³/mol. The summed E-state index contributed by atoms with van der Waals surface area (Å²) in [7, 11) is 0. The van der Waals surface area contributed by atoms with Crippen molar-refractivity contribution in [2.45, 2.75) is 26.4 Å². The van der Waals surface area contributed by atoms with E-state index in [-0.39, 0.29) is 13.2 Å². The molecule has 0 atom stereocenters. The van der Waals surface area contributed by atoms with Gasteiger partial charge in [0.15, 0.2) is 0 Å². The Bertz CT molecular complexity index is 2690. The Balaban J connectivity index is 1.38. The van der Waals surface area contributed by atoms with Crippen LogP contribution in [0.5, 0.6) is 46.0 Å². The van der Waals surface area contributed by atoms with Gasteiger partial charge >= 0.3 is 0 Å². The molecule has 0 unspecified atom stereocenters. The lowest BCUT2D eigenvalue weighted by molar-refractivity contribution is -0.311. The Hall–Kier alpha value is -6.64. The summed E-state index contributed by atoms with van der Waals surface area (Å²) in [4.78, 5) is 11.6. The van der Waals surface area contributed by atoms with Crippen LogP contribution in [0, 0.1) is 0 Å². The molecule has 0 amide bonds. The van der Waals surface area contributed by atoms with Crippen molar-refractivity contribution >= 4 is 43.1 Å². The van der Waals surface area contributed by atoms with Crippen LogP contribution < -0.4 is 18.9 Å². The first-order chi connectivity index (χ1) is 27.3. The minimum absolute atomic E-state index is 0.228. The van der Waals surface area contributed by atoms with E-state index in [1.807, 2.05) is 121 Å². The molecule has 0 aromatic heterocycles. The Kier molecular flexibility index (Phi) is 7.55. The van der Waals surface area contributed by atoms with E-state index < -0.39 is 0 Å². The van der Waals surface area contributed by atoms with Gasteiger partial charge in [-0.1, -0.05) is 72.8 Å². The van der Waals surface area contributed by atoms with Gasteiger partial charge in [-0.25, -0.2) is 9.78 Å². The van der Waals surface area contributed by atoms with Crippen LogP contribution in [0.15, 0.2) is 146 Å². The van der Waals surface area contributed by atoms with Crippen molar-refractivity contribution in [1.82, 2.24) is 0 Å². The molecule has 2 aliphatic rings. The highest BCUT2D eigenvalue weighted by Crippen LogP contribution is 2.57. The lowest BCUT2D eigenvalue weighted by Gasteiger charge is -2.28. The number of hydrogen-bond acceptors (Lipinski definition) is 7. The van der Waals surface area contributed by atoms with Crippen LogP contribution in [0.3, 0.4) is 0 Å². The average molecular weight is 721 g/mol. The zero-order chi connectivity index (χ0) is 36.3. The molecule has 7 heteroatoms. The largest absolute Gasteiger partial charge is 0.457 e. The molecule has 0 fully saturated rings. The third-order valence-corrected chi connectivity index (χ3v) is 10.4. The van der Waals surface area contributed by atoms with Gasteiger partial charge < -0.3 is 23.7 Å². The lowest BCUT2D eigenvalue weighted by Crippen LogP contribution is -2.08. The number of para-hydroxylation sites is 4. The lowest BCUT2D eigenvalue weighted by atomic mass is 9.82. The molecule has 9 aromatic carbocycles. The number of hydrogen-bond donors (Lipinski definition) is 0. The molecular weight excluding hydrogens is 689 g/mol. The molecule has 9 aromatic rings. The van der Waals surface area contributed by atoms with E-state index in [1.54, 1.807) is 0 Å². The Morgan fingerprint density at radius 3 is 0.855 bits per heavy atom. The summed E-state index contributed by atoms with van der Waals surface area (Å²) in [6, 6.07) is 47.9. The minimum Gasteiger partial charge on any atom is -0.457 e. The second-order valence-electron chi connectivity index (χ2n) is 13.8. The van der Waals surface area contributed by atoms with Gasteiger partial charge in [0.1, 0.15) is 59.2 Å². The van der Waals surface area contributed by atoms with E-state index in [2.05, 4.69) is 24.3 Å². The van der Waals surface area contributed by atoms with E-state index in [4.69, 9.17) is 33.5 Å². The predicted octanol–water partition coefficient (Wildman–Crippen LogP) is 12.9. The summed E-state index contributed by atoms with van der Waals surface area (Å²) in [5, 5.41) is 7.63. The highest BCUT2D eigenvalue weighted by atomic mass is 17.2. The van der Waals surface area contributed by atoms with Crippen molar-refractivity contribution < 1.29 is 33.5 Å². The second kappa shape index (κ2) is 13.0. The van der Waals surface area contributed by atoms with Crippen LogP contribution in [0.2, 0.25) is 0 Å². The molecule has 0 radical (unpaired) electrons. The molecule has 266 valence electrons.